The standard InChI is InChI=1S/C11H15BrN2O.ClH/c1-8(7-13)14-11(15)6-9-2-4-10(12)5-3-9;/h2-5,8H,6-7,13H2,1H3,(H,14,15);1H/t8-;/m1./s1. The van der Waals surface area contributed by atoms with Crippen LogP contribution in [0.15, 0.2) is 28.7 Å². The molecule has 90 valence electrons. The van der Waals surface area contributed by atoms with Crippen molar-refractivity contribution in [3.8, 4) is 0 Å². The number of nitrogens with one attached hydrogen (secondary N) is 1. The molecule has 1 rings (SSSR count). The molecule has 0 heterocycles. The molecule has 0 fully saturated rings. The molecule has 1 atom stereocenters. The SMILES string of the molecule is C[C@H](CN)NC(=O)Cc1ccc(Br)cc1.Cl. The summed E-state index contributed by atoms with van der Waals surface area (Å²) in [5.74, 6) is 0.00951. The van der Waals surface area contributed by atoms with Gasteiger partial charge in [-0.1, -0.05) is 28.1 Å². The van der Waals surface area contributed by atoms with E-state index in [0.717, 1.165) is 10.0 Å². The van der Waals surface area contributed by atoms with E-state index in [9.17, 15) is 4.79 Å². The summed E-state index contributed by atoms with van der Waals surface area (Å²) in [6, 6.07) is 7.74. The number of nitrogens with two attached hydrogens (primary N) is 1. The highest BCUT2D eigenvalue weighted by Gasteiger charge is 2.06. The molecular weight excluding hydrogens is 291 g/mol. The summed E-state index contributed by atoms with van der Waals surface area (Å²) in [6.45, 7) is 2.35. The van der Waals surface area contributed by atoms with Crippen LogP contribution in [-0.4, -0.2) is 18.5 Å². The predicted molar refractivity (Wildman–Crippen MR) is 71.8 cm³/mol. The largest absolute Gasteiger partial charge is 0.352 e. The summed E-state index contributed by atoms with van der Waals surface area (Å²) in [5.41, 5.74) is 6.41. The second-order valence-corrected chi connectivity index (χ2v) is 4.42. The average Bonchev–Trinajstić information content (AvgIpc) is 2.21. The van der Waals surface area contributed by atoms with Crippen LogP contribution in [0.1, 0.15) is 12.5 Å². The third-order valence-corrected chi connectivity index (χ3v) is 2.57. The van der Waals surface area contributed by atoms with Gasteiger partial charge in [-0.25, -0.2) is 0 Å². The molecule has 0 aliphatic heterocycles. The molecule has 1 aromatic carbocycles. The Bertz CT molecular complexity index is 329. The molecule has 1 aromatic rings. The maximum absolute atomic E-state index is 11.5. The fourth-order valence-electron chi connectivity index (χ4n) is 1.17. The zero-order valence-corrected chi connectivity index (χ0v) is 11.5. The maximum Gasteiger partial charge on any atom is 0.224 e. The highest BCUT2D eigenvalue weighted by atomic mass is 79.9. The van der Waals surface area contributed by atoms with Crippen LogP contribution in [0.2, 0.25) is 0 Å². The first-order valence-corrected chi connectivity index (χ1v) is 5.65. The number of benzene rings is 1. The van der Waals surface area contributed by atoms with Crippen LogP contribution in [0.25, 0.3) is 0 Å². The van der Waals surface area contributed by atoms with Crippen molar-refractivity contribution in [3.05, 3.63) is 34.3 Å². The molecule has 0 aliphatic carbocycles. The van der Waals surface area contributed by atoms with Crippen molar-refractivity contribution in [1.82, 2.24) is 5.32 Å². The molecule has 3 nitrogen and oxygen atoms in total. The molecule has 0 aromatic heterocycles. The van der Waals surface area contributed by atoms with Gasteiger partial charge in [0.25, 0.3) is 0 Å². The number of hydrogen-bond acceptors (Lipinski definition) is 2. The van der Waals surface area contributed by atoms with Crippen LogP contribution in [0.5, 0.6) is 0 Å². The van der Waals surface area contributed by atoms with Crippen LogP contribution >= 0.6 is 28.3 Å². The van der Waals surface area contributed by atoms with E-state index < -0.39 is 0 Å². The van der Waals surface area contributed by atoms with Gasteiger partial charge in [-0.05, 0) is 24.6 Å². The minimum absolute atomic E-state index is 0. The smallest absolute Gasteiger partial charge is 0.224 e. The van der Waals surface area contributed by atoms with Gasteiger partial charge in [-0.3, -0.25) is 4.79 Å². The van der Waals surface area contributed by atoms with Gasteiger partial charge in [0, 0.05) is 17.1 Å². The average molecular weight is 308 g/mol. The van der Waals surface area contributed by atoms with Crippen LogP contribution in [0, 0.1) is 0 Å². The first kappa shape index (κ1) is 15.4. The van der Waals surface area contributed by atoms with Crippen molar-refractivity contribution < 1.29 is 4.79 Å². The first-order valence-electron chi connectivity index (χ1n) is 4.85. The summed E-state index contributed by atoms with van der Waals surface area (Å²) >= 11 is 3.35. The lowest BCUT2D eigenvalue weighted by Crippen LogP contribution is -2.38. The quantitative estimate of drug-likeness (QED) is 0.892. The van der Waals surface area contributed by atoms with Crippen molar-refractivity contribution in [2.45, 2.75) is 19.4 Å². The fraction of sp³-hybridized carbons (Fsp3) is 0.364. The van der Waals surface area contributed by atoms with Gasteiger partial charge >= 0.3 is 0 Å². The third kappa shape index (κ3) is 5.49. The van der Waals surface area contributed by atoms with Crippen LogP contribution in [0.4, 0.5) is 0 Å². The Balaban J connectivity index is 0.00000225. The Morgan fingerprint density at radius 1 is 1.44 bits per heavy atom. The van der Waals surface area contributed by atoms with Crippen molar-refractivity contribution in [3.63, 3.8) is 0 Å². The van der Waals surface area contributed by atoms with E-state index in [0.29, 0.717) is 13.0 Å². The molecule has 0 spiro atoms. The van der Waals surface area contributed by atoms with Gasteiger partial charge in [-0.15, -0.1) is 12.4 Å². The first-order chi connectivity index (χ1) is 7.11. The summed E-state index contributed by atoms with van der Waals surface area (Å²) < 4.78 is 1.02. The Morgan fingerprint density at radius 2 is 2.00 bits per heavy atom. The van der Waals surface area contributed by atoms with Gasteiger partial charge in [0.1, 0.15) is 0 Å². The number of halogens is 2. The lowest BCUT2D eigenvalue weighted by Gasteiger charge is -2.11. The summed E-state index contributed by atoms with van der Waals surface area (Å²) in [7, 11) is 0. The molecular formula is C11H16BrClN2O. The molecule has 0 saturated heterocycles. The fourth-order valence-corrected chi connectivity index (χ4v) is 1.44. The summed E-state index contributed by atoms with van der Waals surface area (Å²) in [4.78, 5) is 11.5. The van der Waals surface area contributed by atoms with E-state index in [-0.39, 0.29) is 24.4 Å². The van der Waals surface area contributed by atoms with Crippen LogP contribution in [-0.2, 0) is 11.2 Å². The minimum Gasteiger partial charge on any atom is -0.352 e. The molecule has 3 N–H and O–H groups in total. The number of hydrogen-bond donors (Lipinski definition) is 2. The van der Waals surface area contributed by atoms with Crippen LogP contribution < -0.4 is 11.1 Å². The zero-order chi connectivity index (χ0) is 11.3. The predicted octanol–water partition coefficient (Wildman–Crippen LogP) is 1.88. The van der Waals surface area contributed by atoms with E-state index in [4.69, 9.17) is 5.73 Å². The molecule has 1 amide bonds. The molecule has 0 unspecified atom stereocenters. The topological polar surface area (TPSA) is 55.1 Å². The maximum atomic E-state index is 11.5. The van der Waals surface area contributed by atoms with E-state index >= 15 is 0 Å². The van der Waals surface area contributed by atoms with Gasteiger partial charge in [0.2, 0.25) is 5.91 Å². The van der Waals surface area contributed by atoms with Crippen molar-refractivity contribution in [2.75, 3.05) is 6.54 Å². The Morgan fingerprint density at radius 3 is 2.50 bits per heavy atom. The second-order valence-electron chi connectivity index (χ2n) is 3.51. The van der Waals surface area contributed by atoms with Gasteiger partial charge < -0.3 is 11.1 Å². The minimum atomic E-state index is 0. The Hall–Kier alpha value is -0.580. The molecule has 16 heavy (non-hydrogen) atoms. The van der Waals surface area contributed by atoms with E-state index in [2.05, 4.69) is 21.2 Å². The lowest BCUT2D eigenvalue weighted by molar-refractivity contribution is -0.120. The third-order valence-electron chi connectivity index (χ3n) is 2.04. The molecule has 0 bridgehead atoms. The number of rotatable bonds is 4. The molecule has 0 radical (unpaired) electrons. The lowest BCUT2D eigenvalue weighted by atomic mass is 10.1. The second kappa shape index (κ2) is 7.65. The number of amides is 1. The molecule has 5 heteroatoms. The summed E-state index contributed by atoms with van der Waals surface area (Å²) in [5, 5.41) is 2.82. The van der Waals surface area contributed by atoms with E-state index in [1.165, 1.54) is 0 Å². The normalized spacial score (nSPS) is 11.4. The van der Waals surface area contributed by atoms with Crippen molar-refractivity contribution in [1.29, 1.82) is 0 Å². The van der Waals surface area contributed by atoms with Crippen LogP contribution in [0.3, 0.4) is 0 Å². The van der Waals surface area contributed by atoms with E-state index in [1.807, 2.05) is 31.2 Å². The highest BCUT2D eigenvalue weighted by Crippen LogP contribution is 2.10. The Kier molecular flexibility index (Phi) is 7.38. The van der Waals surface area contributed by atoms with Crippen molar-refractivity contribution in [2.24, 2.45) is 5.73 Å². The monoisotopic (exact) mass is 306 g/mol. The van der Waals surface area contributed by atoms with E-state index in [1.54, 1.807) is 0 Å². The summed E-state index contributed by atoms with van der Waals surface area (Å²) in [6.07, 6.45) is 0.400. The van der Waals surface area contributed by atoms with Gasteiger partial charge in [-0.2, -0.15) is 0 Å². The zero-order valence-electron chi connectivity index (χ0n) is 9.07. The van der Waals surface area contributed by atoms with Gasteiger partial charge in [0.15, 0.2) is 0 Å². The van der Waals surface area contributed by atoms with Gasteiger partial charge in [0.05, 0.1) is 6.42 Å². The Labute approximate surface area is 110 Å². The number of carbonyl (C=O) groups excluding carboxylic acids is 1. The highest BCUT2D eigenvalue weighted by molar-refractivity contribution is 9.10. The number of carbonyl (C=O) groups is 1. The molecule has 0 aliphatic rings. The molecule has 0 saturated carbocycles. The van der Waals surface area contributed by atoms with Crippen molar-refractivity contribution >= 4 is 34.2 Å².